The van der Waals surface area contributed by atoms with Crippen LogP contribution in [0.1, 0.15) is 48.5 Å². The Kier molecular flexibility index (Phi) is 5.26. The lowest BCUT2D eigenvalue weighted by molar-refractivity contribution is 0.161. The van der Waals surface area contributed by atoms with E-state index in [2.05, 4.69) is 34.3 Å². The Labute approximate surface area is 184 Å². The quantitative estimate of drug-likeness (QED) is 0.476. The second-order valence-corrected chi connectivity index (χ2v) is 8.25. The molecule has 0 spiro atoms. The Balaban J connectivity index is 1.61. The van der Waals surface area contributed by atoms with Crippen molar-refractivity contribution in [3.05, 3.63) is 89.0 Å². The summed E-state index contributed by atoms with van der Waals surface area (Å²) >= 11 is 0. The molecule has 1 unspecified atom stereocenters. The predicted molar refractivity (Wildman–Crippen MR) is 114 cm³/mol. The number of benzene rings is 2. The number of hydrogen-bond donors (Lipinski definition) is 0. The van der Waals surface area contributed by atoms with E-state index in [4.69, 9.17) is 5.10 Å². The van der Waals surface area contributed by atoms with E-state index in [9.17, 15) is 8.78 Å². The molecule has 164 valence electrons. The van der Waals surface area contributed by atoms with Crippen LogP contribution in [0, 0.1) is 11.6 Å². The minimum atomic E-state index is -0.847. The van der Waals surface area contributed by atoms with E-state index in [0.29, 0.717) is 24.5 Å². The predicted octanol–water partition coefficient (Wildman–Crippen LogP) is 3.87. The molecule has 5 rings (SSSR count). The summed E-state index contributed by atoms with van der Waals surface area (Å²) in [7, 11) is 0. The number of aromatic nitrogens is 6. The summed E-state index contributed by atoms with van der Waals surface area (Å²) in [6.45, 7) is 5.56. The molecule has 4 aromatic rings. The molecule has 0 saturated heterocycles. The van der Waals surface area contributed by atoms with Crippen LogP contribution in [-0.4, -0.2) is 41.4 Å². The van der Waals surface area contributed by atoms with E-state index in [1.54, 1.807) is 10.7 Å². The summed E-state index contributed by atoms with van der Waals surface area (Å²) in [5.74, 6) is -0.849. The van der Waals surface area contributed by atoms with Gasteiger partial charge in [0.2, 0.25) is 0 Å². The molecule has 0 N–H and O–H groups in total. The van der Waals surface area contributed by atoms with E-state index >= 15 is 0 Å². The maximum absolute atomic E-state index is 14.5. The molecule has 0 aliphatic carbocycles. The molecule has 0 amide bonds. The monoisotopic (exact) mass is 435 g/mol. The first-order valence-electron chi connectivity index (χ1n) is 10.6. The smallest absolute Gasteiger partial charge is 0.173 e. The number of halogens is 2. The fourth-order valence-electron chi connectivity index (χ4n) is 4.25. The molecular formula is C23H23F2N7. The lowest BCUT2D eigenvalue weighted by Crippen LogP contribution is -2.39. The van der Waals surface area contributed by atoms with Gasteiger partial charge in [0.15, 0.2) is 17.5 Å². The molecule has 0 saturated carbocycles. The van der Waals surface area contributed by atoms with Gasteiger partial charge >= 0.3 is 0 Å². The topological polar surface area (TPSA) is 64.7 Å². The number of nitrogens with zero attached hydrogens (tertiary/aromatic N) is 7. The van der Waals surface area contributed by atoms with E-state index in [0.717, 1.165) is 23.0 Å². The van der Waals surface area contributed by atoms with Gasteiger partial charge in [0.25, 0.3) is 0 Å². The highest BCUT2D eigenvalue weighted by atomic mass is 19.2. The third-order valence-electron chi connectivity index (χ3n) is 5.81. The van der Waals surface area contributed by atoms with Crippen LogP contribution in [0.4, 0.5) is 8.78 Å². The lowest BCUT2D eigenvalue weighted by atomic mass is 9.97. The van der Waals surface area contributed by atoms with Gasteiger partial charge in [-0.25, -0.2) is 18.1 Å². The number of rotatable bonds is 5. The molecule has 2 aromatic carbocycles. The van der Waals surface area contributed by atoms with Crippen LogP contribution in [-0.2, 0) is 13.1 Å². The molecule has 1 atom stereocenters. The summed E-state index contributed by atoms with van der Waals surface area (Å²) in [6.07, 6.45) is 1.99. The Morgan fingerprint density at radius 1 is 1.03 bits per heavy atom. The highest BCUT2D eigenvalue weighted by Gasteiger charge is 2.36. The lowest BCUT2D eigenvalue weighted by Gasteiger charge is -2.35. The standard InChI is InChI=1S/C23H23F2N7/c1-15(2)21-18(14-32(27-21)17-8-4-3-5-9-17)22-23-26-28-29-31(23)12-11-30(22)13-16-7-6-10-19(24)20(16)25/h3-10,14-15,22H,11-13H2,1-2H3. The maximum Gasteiger partial charge on any atom is 0.173 e. The fraction of sp³-hybridized carbons (Fsp3) is 0.304. The van der Waals surface area contributed by atoms with Crippen molar-refractivity contribution in [2.45, 2.75) is 38.9 Å². The SMILES string of the molecule is CC(C)c1nn(-c2ccccc2)cc1C1c2nnnn2CCN1Cc1cccc(F)c1F. The Hall–Kier alpha value is -3.46. The molecule has 32 heavy (non-hydrogen) atoms. The van der Waals surface area contributed by atoms with Gasteiger partial charge in [-0.2, -0.15) is 5.10 Å². The third kappa shape index (κ3) is 3.58. The Morgan fingerprint density at radius 3 is 2.62 bits per heavy atom. The van der Waals surface area contributed by atoms with Gasteiger partial charge in [-0.15, -0.1) is 5.10 Å². The normalized spacial score (nSPS) is 16.5. The zero-order chi connectivity index (χ0) is 22.2. The zero-order valence-corrected chi connectivity index (χ0v) is 17.9. The second-order valence-electron chi connectivity index (χ2n) is 8.25. The maximum atomic E-state index is 14.5. The molecule has 0 bridgehead atoms. The minimum absolute atomic E-state index is 0.147. The molecule has 9 heteroatoms. The molecule has 7 nitrogen and oxygen atoms in total. The van der Waals surface area contributed by atoms with Crippen molar-refractivity contribution >= 4 is 0 Å². The van der Waals surface area contributed by atoms with Crippen molar-refractivity contribution in [3.63, 3.8) is 0 Å². The number of tetrazole rings is 1. The van der Waals surface area contributed by atoms with Gasteiger partial charge in [0.05, 0.1) is 17.9 Å². The van der Waals surface area contributed by atoms with Gasteiger partial charge in [-0.3, -0.25) is 4.90 Å². The van der Waals surface area contributed by atoms with E-state index in [1.165, 1.54) is 6.07 Å². The van der Waals surface area contributed by atoms with Crippen LogP contribution in [0.15, 0.2) is 54.7 Å². The third-order valence-corrected chi connectivity index (χ3v) is 5.81. The van der Waals surface area contributed by atoms with Crippen LogP contribution in [0.3, 0.4) is 0 Å². The van der Waals surface area contributed by atoms with Crippen LogP contribution in [0.25, 0.3) is 5.69 Å². The van der Waals surface area contributed by atoms with Crippen LogP contribution < -0.4 is 0 Å². The highest BCUT2D eigenvalue weighted by molar-refractivity contribution is 5.37. The van der Waals surface area contributed by atoms with Crippen LogP contribution in [0.5, 0.6) is 0 Å². The van der Waals surface area contributed by atoms with E-state index in [-0.39, 0.29) is 18.5 Å². The summed E-state index contributed by atoms with van der Waals surface area (Å²) in [5, 5.41) is 17.1. The molecular weight excluding hydrogens is 412 g/mol. The van der Waals surface area contributed by atoms with Crippen LogP contribution in [0.2, 0.25) is 0 Å². The van der Waals surface area contributed by atoms with Gasteiger partial charge in [0.1, 0.15) is 6.04 Å². The summed E-state index contributed by atoms with van der Waals surface area (Å²) in [5.41, 5.74) is 3.12. The number of fused-ring (bicyclic) bond motifs is 1. The molecule has 3 heterocycles. The molecule has 2 aromatic heterocycles. The number of para-hydroxylation sites is 1. The molecule has 0 fully saturated rings. The molecule has 1 aliphatic heterocycles. The van der Waals surface area contributed by atoms with Gasteiger partial charge in [-0.1, -0.05) is 44.2 Å². The first kappa shape index (κ1) is 20.4. The van der Waals surface area contributed by atoms with Crippen molar-refractivity contribution in [2.24, 2.45) is 0 Å². The van der Waals surface area contributed by atoms with Crippen molar-refractivity contribution < 1.29 is 8.78 Å². The van der Waals surface area contributed by atoms with Gasteiger partial charge in [0, 0.05) is 30.4 Å². The van der Waals surface area contributed by atoms with Crippen molar-refractivity contribution in [1.29, 1.82) is 0 Å². The zero-order valence-electron chi connectivity index (χ0n) is 17.9. The van der Waals surface area contributed by atoms with Crippen molar-refractivity contribution in [1.82, 2.24) is 34.9 Å². The minimum Gasteiger partial charge on any atom is -0.283 e. The number of hydrogen-bond acceptors (Lipinski definition) is 5. The molecule has 1 aliphatic rings. The van der Waals surface area contributed by atoms with Crippen molar-refractivity contribution in [2.75, 3.05) is 6.54 Å². The van der Waals surface area contributed by atoms with Gasteiger partial charge < -0.3 is 0 Å². The first-order valence-corrected chi connectivity index (χ1v) is 10.6. The summed E-state index contributed by atoms with van der Waals surface area (Å²) in [6, 6.07) is 13.8. The average Bonchev–Trinajstić information content (AvgIpc) is 3.45. The van der Waals surface area contributed by atoms with Crippen LogP contribution >= 0.6 is 0 Å². The van der Waals surface area contributed by atoms with Crippen molar-refractivity contribution in [3.8, 4) is 5.69 Å². The largest absolute Gasteiger partial charge is 0.283 e. The average molecular weight is 435 g/mol. The highest BCUT2D eigenvalue weighted by Crippen LogP contribution is 2.36. The Morgan fingerprint density at radius 2 is 1.84 bits per heavy atom. The van der Waals surface area contributed by atoms with Gasteiger partial charge in [-0.05, 0) is 34.5 Å². The summed E-state index contributed by atoms with van der Waals surface area (Å²) < 4.78 is 32.0. The summed E-state index contributed by atoms with van der Waals surface area (Å²) in [4.78, 5) is 2.09. The first-order chi connectivity index (χ1) is 15.5. The van der Waals surface area contributed by atoms with E-state index < -0.39 is 11.6 Å². The Bertz CT molecular complexity index is 1230. The second kappa shape index (κ2) is 8.23. The molecule has 0 radical (unpaired) electrons. The fourth-order valence-corrected chi connectivity index (χ4v) is 4.25. The van der Waals surface area contributed by atoms with E-state index in [1.807, 2.05) is 41.2 Å².